The van der Waals surface area contributed by atoms with E-state index in [1.165, 1.54) is 25.3 Å². The van der Waals surface area contributed by atoms with Gasteiger partial charge < -0.3 is 29.7 Å². The molecule has 2 atom stereocenters. The summed E-state index contributed by atoms with van der Waals surface area (Å²) in [4.78, 5) is 41.3. The highest BCUT2D eigenvalue weighted by atomic mass is 19.1. The van der Waals surface area contributed by atoms with E-state index >= 15 is 0 Å². The van der Waals surface area contributed by atoms with Gasteiger partial charge in [0, 0.05) is 48.9 Å². The van der Waals surface area contributed by atoms with Crippen LogP contribution in [0, 0.1) is 5.82 Å². The van der Waals surface area contributed by atoms with Gasteiger partial charge >= 0.3 is 0 Å². The lowest BCUT2D eigenvalue weighted by atomic mass is 9.99. The van der Waals surface area contributed by atoms with E-state index < -0.39 is 29.8 Å². The van der Waals surface area contributed by atoms with Gasteiger partial charge in [-0.05, 0) is 54.1 Å². The van der Waals surface area contributed by atoms with Gasteiger partial charge in [0.15, 0.2) is 18.1 Å². The van der Waals surface area contributed by atoms with Crippen LogP contribution in [0.25, 0.3) is 5.69 Å². The first-order chi connectivity index (χ1) is 21.4. The number of hydrogen-bond donors (Lipinski definition) is 2. The zero-order valence-electron chi connectivity index (χ0n) is 23.7. The third-order valence-corrected chi connectivity index (χ3v) is 7.46. The highest BCUT2D eigenvalue weighted by Crippen LogP contribution is 2.29. The zero-order chi connectivity index (χ0) is 30.6. The summed E-state index contributed by atoms with van der Waals surface area (Å²) in [5, 5.41) is 13.3. The number of nitrogens with one attached hydrogen (secondary N) is 2. The Morgan fingerprint density at radius 2 is 1.91 bits per heavy atom. The van der Waals surface area contributed by atoms with E-state index in [2.05, 4.69) is 20.8 Å². The van der Waals surface area contributed by atoms with Gasteiger partial charge in [-0.15, -0.1) is 10.2 Å². The summed E-state index contributed by atoms with van der Waals surface area (Å²) < 4.78 is 33.5. The fourth-order valence-corrected chi connectivity index (χ4v) is 5.25. The minimum Gasteiger partial charge on any atom is -0.493 e. The maximum atomic E-state index is 14.6. The predicted molar refractivity (Wildman–Crippen MR) is 154 cm³/mol. The molecule has 13 heteroatoms. The van der Waals surface area contributed by atoms with Gasteiger partial charge in [-0.25, -0.2) is 4.39 Å². The smallest absolute Gasteiger partial charge is 0.258 e. The lowest BCUT2D eigenvalue weighted by Crippen LogP contribution is -2.58. The van der Waals surface area contributed by atoms with Crippen molar-refractivity contribution in [2.75, 3.05) is 26.8 Å². The highest BCUT2D eigenvalue weighted by Gasteiger charge is 2.35. The van der Waals surface area contributed by atoms with Crippen molar-refractivity contribution in [1.82, 2.24) is 30.3 Å². The molecule has 4 aromatic rings. The van der Waals surface area contributed by atoms with Crippen LogP contribution in [0.2, 0.25) is 0 Å². The lowest BCUT2D eigenvalue weighted by molar-refractivity contribution is -0.123. The van der Waals surface area contributed by atoms with Crippen LogP contribution < -0.4 is 24.8 Å². The number of hydrogen-bond acceptors (Lipinski definition) is 8. The molecule has 226 valence electrons. The molecule has 1 aromatic heterocycles. The molecule has 6 rings (SSSR count). The van der Waals surface area contributed by atoms with Gasteiger partial charge in [0.25, 0.3) is 17.7 Å². The largest absolute Gasteiger partial charge is 0.493 e. The molecule has 0 saturated carbocycles. The molecular formula is C31H29FN6O6. The SMILES string of the molecule is COc1ccc2cc1OCC(=O)NCc1cc(F)cc(c1)O[C@@H]1CCN(C(=O)c3cccc(-n4cnnc4)c3)C[C@@H]1NC2=O. The van der Waals surface area contributed by atoms with Crippen molar-refractivity contribution in [2.45, 2.75) is 25.1 Å². The Hall–Kier alpha value is -5.46. The third-order valence-electron chi connectivity index (χ3n) is 7.46. The molecule has 3 amide bonds. The fourth-order valence-electron chi connectivity index (χ4n) is 5.25. The number of ether oxygens (including phenoxy) is 3. The van der Waals surface area contributed by atoms with E-state index in [0.717, 1.165) is 5.69 Å². The molecule has 0 spiro atoms. The number of aromatic nitrogens is 3. The van der Waals surface area contributed by atoms with Crippen LogP contribution in [0.3, 0.4) is 0 Å². The molecule has 0 unspecified atom stereocenters. The summed E-state index contributed by atoms with van der Waals surface area (Å²) in [6.07, 6.45) is 2.86. The summed E-state index contributed by atoms with van der Waals surface area (Å²) in [5.41, 5.74) is 1.93. The number of nitrogens with zero attached hydrogens (tertiary/aromatic N) is 4. The number of carbonyl (C=O) groups excluding carboxylic acids is 3. The van der Waals surface area contributed by atoms with Crippen molar-refractivity contribution in [3.63, 3.8) is 0 Å². The predicted octanol–water partition coefficient (Wildman–Crippen LogP) is 2.52. The number of fused-ring (bicyclic) bond motifs is 5. The Bertz CT molecular complexity index is 1700. The average molecular weight is 601 g/mol. The maximum Gasteiger partial charge on any atom is 0.258 e. The topological polar surface area (TPSA) is 137 Å². The van der Waals surface area contributed by atoms with Crippen LogP contribution >= 0.6 is 0 Å². The van der Waals surface area contributed by atoms with Gasteiger partial charge in [0.2, 0.25) is 0 Å². The van der Waals surface area contributed by atoms with E-state index in [1.807, 2.05) is 6.07 Å². The number of benzene rings is 3. The standard InChI is InChI=1S/C31H29FN6O6/c1-42-27-6-5-20-12-28(27)43-16-29(39)33-14-19-9-22(32)13-24(10-19)44-26-7-8-37(15-25(26)36-30(20)40)31(41)21-3-2-4-23(11-21)38-17-34-35-18-38/h2-6,9-13,17-18,25-26H,7-8,14-16H2,1H3,(H,33,39)(H,36,40)/t25-,26+/m0/s1. The van der Waals surface area contributed by atoms with Crippen LogP contribution in [-0.2, 0) is 11.3 Å². The number of methoxy groups -OCH3 is 1. The van der Waals surface area contributed by atoms with Crippen molar-refractivity contribution in [2.24, 2.45) is 0 Å². The van der Waals surface area contributed by atoms with Gasteiger partial charge in [-0.1, -0.05) is 6.07 Å². The summed E-state index contributed by atoms with van der Waals surface area (Å²) >= 11 is 0. The average Bonchev–Trinajstić information content (AvgIpc) is 3.58. The molecule has 12 nitrogen and oxygen atoms in total. The molecule has 1 fully saturated rings. The molecule has 0 radical (unpaired) electrons. The van der Waals surface area contributed by atoms with Gasteiger partial charge in [-0.2, -0.15) is 0 Å². The monoisotopic (exact) mass is 600 g/mol. The first-order valence-corrected chi connectivity index (χ1v) is 13.9. The second-order valence-electron chi connectivity index (χ2n) is 10.4. The van der Waals surface area contributed by atoms with Crippen LogP contribution in [-0.4, -0.2) is 76.3 Å². The first-order valence-electron chi connectivity index (χ1n) is 13.9. The summed E-state index contributed by atoms with van der Waals surface area (Å²) in [7, 11) is 1.45. The number of halogens is 1. The number of rotatable bonds is 3. The minimum absolute atomic E-state index is 0.0504. The molecular weight excluding hydrogens is 571 g/mol. The van der Waals surface area contributed by atoms with Crippen molar-refractivity contribution < 1.29 is 33.0 Å². The quantitative estimate of drug-likeness (QED) is 0.366. The van der Waals surface area contributed by atoms with Gasteiger partial charge in [-0.3, -0.25) is 19.0 Å². The van der Waals surface area contributed by atoms with Crippen molar-refractivity contribution in [3.05, 3.63) is 95.8 Å². The second kappa shape index (κ2) is 12.4. The zero-order valence-corrected chi connectivity index (χ0v) is 23.7. The van der Waals surface area contributed by atoms with E-state index in [0.29, 0.717) is 29.8 Å². The van der Waals surface area contributed by atoms with Crippen LogP contribution in [0.15, 0.2) is 73.3 Å². The number of likely N-dealkylation sites (tertiary alicyclic amines) is 1. The van der Waals surface area contributed by atoms with Crippen molar-refractivity contribution in [3.8, 4) is 22.9 Å². The molecule has 3 aromatic carbocycles. The second-order valence-corrected chi connectivity index (χ2v) is 10.4. The normalized spacial score (nSPS) is 18.6. The Morgan fingerprint density at radius 3 is 2.73 bits per heavy atom. The van der Waals surface area contributed by atoms with Crippen LogP contribution in [0.1, 0.15) is 32.7 Å². The number of amides is 3. The Balaban J connectivity index is 1.30. The number of carbonyl (C=O) groups is 3. The van der Waals surface area contributed by atoms with Gasteiger partial charge in [0.1, 0.15) is 30.3 Å². The molecule has 3 heterocycles. The molecule has 2 aliphatic rings. The van der Waals surface area contributed by atoms with E-state index in [9.17, 15) is 18.8 Å². The third kappa shape index (κ3) is 6.31. The summed E-state index contributed by atoms with van der Waals surface area (Å²) in [5.74, 6) is -0.850. The molecule has 2 aliphatic heterocycles. The Kier molecular flexibility index (Phi) is 8.08. The van der Waals surface area contributed by atoms with Crippen LogP contribution in [0.5, 0.6) is 17.2 Å². The molecule has 2 N–H and O–H groups in total. The molecule has 44 heavy (non-hydrogen) atoms. The summed E-state index contributed by atoms with van der Waals surface area (Å²) in [6, 6.07) is 15.3. The van der Waals surface area contributed by atoms with E-state index in [-0.39, 0.29) is 42.7 Å². The van der Waals surface area contributed by atoms with Crippen molar-refractivity contribution in [1.29, 1.82) is 0 Å². The van der Waals surface area contributed by atoms with Gasteiger partial charge in [0.05, 0.1) is 13.2 Å². The maximum absolute atomic E-state index is 14.6. The number of piperidine rings is 1. The molecule has 4 bridgehead atoms. The van der Waals surface area contributed by atoms with Crippen molar-refractivity contribution >= 4 is 17.7 Å². The van der Waals surface area contributed by atoms with Crippen LogP contribution in [0.4, 0.5) is 4.39 Å². The fraction of sp³-hybridized carbons (Fsp3) is 0.258. The Morgan fingerprint density at radius 1 is 1.07 bits per heavy atom. The Labute approximate surface area is 251 Å². The summed E-state index contributed by atoms with van der Waals surface area (Å²) in [6.45, 7) is 0.185. The highest BCUT2D eigenvalue weighted by molar-refractivity contribution is 5.96. The van der Waals surface area contributed by atoms with E-state index in [1.54, 1.807) is 58.5 Å². The van der Waals surface area contributed by atoms with E-state index in [4.69, 9.17) is 14.2 Å². The molecule has 0 aliphatic carbocycles. The lowest BCUT2D eigenvalue weighted by Gasteiger charge is -2.39. The first kappa shape index (κ1) is 28.6. The molecule has 1 saturated heterocycles. The minimum atomic E-state index is -0.646.